The summed E-state index contributed by atoms with van der Waals surface area (Å²) in [6.45, 7) is -1.49. The summed E-state index contributed by atoms with van der Waals surface area (Å²) in [6, 6.07) is 0. The normalized spacial score (nSPS) is 17.4. The zero-order chi connectivity index (χ0) is 22.7. The van der Waals surface area contributed by atoms with Gasteiger partial charge in [-0.05, 0) is 6.92 Å². The van der Waals surface area contributed by atoms with E-state index in [1.165, 1.54) is 0 Å². The van der Waals surface area contributed by atoms with Gasteiger partial charge in [0, 0.05) is 6.92 Å². The molecule has 0 N–H and O–H groups in total. The third-order valence-electron chi connectivity index (χ3n) is 3.16. The van der Waals surface area contributed by atoms with Gasteiger partial charge in [0.1, 0.15) is 0 Å². The minimum atomic E-state index is -8.26. The van der Waals surface area contributed by atoms with Gasteiger partial charge in [0.05, 0.1) is 0 Å². The van der Waals surface area contributed by atoms with Crippen molar-refractivity contribution in [3.63, 3.8) is 0 Å². The lowest BCUT2D eigenvalue weighted by Crippen LogP contribution is -2.72. The number of rotatable bonds is 8. The first kappa shape index (κ1) is 25.9. The van der Waals surface area contributed by atoms with E-state index < -0.39 is 67.6 Å². The Hall–Kier alpha value is -1.12. The molecule has 0 spiro atoms. The van der Waals surface area contributed by atoms with E-state index in [0.29, 0.717) is 0 Å². The maximum Gasteiger partial charge on any atom is 0.384 e. The molecule has 0 saturated heterocycles. The molecule has 0 nitrogen and oxygen atoms in total. The highest BCUT2D eigenvalue weighted by atomic mass is 19.4. The quantitative estimate of drug-likeness (QED) is 0.386. The molecular formula is C11H7F16. The number of hydrogen-bond acceptors (Lipinski definition) is 0. The van der Waals surface area contributed by atoms with Gasteiger partial charge < -0.3 is 0 Å². The van der Waals surface area contributed by atoms with Gasteiger partial charge in [-0.15, -0.1) is 0 Å². The van der Waals surface area contributed by atoms with Crippen molar-refractivity contribution in [2.75, 3.05) is 0 Å². The number of halogens is 16. The average molecular weight is 443 g/mol. The molecule has 0 bridgehead atoms. The fraction of sp³-hybridized carbons (Fsp3) is 0.909. The van der Waals surface area contributed by atoms with Crippen LogP contribution in [0.1, 0.15) is 13.8 Å². The molecule has 0 fully saturated rings. The fourth-order valence-corrected chi connectivity index (χ4v) is 1.46. The van der Waals surface area contributed by atoms with Crippen LogP contribution in [-0.2, 0) is 0 Å². The van der Waals surface area contributed by atoms with Gasteiger partial charge in [-0.25, -0.2) is 17.6 Å². The summed E-state index contributed by atoms with van der Waals surface area (Å²) in [5.74, 6) is -52.2. The minimum Gasteiger partial charge on any atom is -0.241 e. The number of alkyl halides is 15. The maximum atomic E-state index is 13.2. The second kappa shape index (κ2) is 6.46. The van der Waals surface area contributed by atoms with Crippen LogP contribution in [0.15, 0.2) is 0 Å². The van der Waals surface area contributed by atoms with Crippen LogP contribution in [0.25, 0.3) is 0 Å². The average Bonchev–Trinajstić information content (AvgIpc) is 2.43. The zero-order valence-electron chi connectivity index (χ0n) is 12.6. The second-order valence-corrected chi connectivity index (χ2v) is 5.31. The summed E-state index contributed by atoms with van der Waals surface area (Å²) in [5, 5.41) is 0. The van der Waals surface area contributed by atoms with E-state index in [0.717, 1.165) is 0 Å². The molecule has 163 valence electrons. The fourth-order valence-electron chi connectivity index (χ4n) is 1.46. The Kier molecular flexibility index (Phi) is 6.19. The van der Waals surface area contributed by atoms with E-state index in [1.54, 1.807) is 0 Å². The van der Waals surface area contributed by atoms with Crippen LogP contribution in [0, 0.1) is 6.17 Å². The molecule has 0 rings (SSSR count). The van der Waals surface area contributed by atoms with Gasteiger partial charge in [-0.2, -0.15) is 52.7 Å². The van der Waals surface area contributed by atoms with E-state index in [1.807, 2.05) is 0 Å². The van der Waals surface area contributed by atoms with Gasteiger partial charge in [0.2, 0.25) is 0 Å². The lowest BCUT2D eigenvalue weighted by Gasteiger charge is -2.42. The smallest absolute Gasteiger partial charge is 0.241 e. The molecule has 0 saturated carbocycles. The van der Waals surface area contributed by atoms with Crippen LogP contribution in [-0.4, -0.2) is 47.6 Å². The van der Waals surface area contributed by atoms with E-state index in [9.17, 15) is 70.2 Å². The van der Waals surface area contributed by atoms with E-state index in [2.05, 4.69) is 0 Å². The first-order valence-electron chi connectivity index (χ1n) is 6.17. The van der Waals surface area contributed by atoms with Crippen LogP contribution >= 0.6 is 0 Å². The molecule has 0 aromatic carbocycles. The van der Waals surface area contributed by atoms with Crippen molar-refractivity contribution in [1.82, 2.24) is 0 Å². The predicted molar refractivity (Wildman–Crippen MR) is 55.2 cm³/mol. The van der Waals surface area contributed by atoms with Crippen molar-refractivity contribution in [3.05, 3.63) is 6.17 Å². The Morgan fingerprint density at radius 2 is 0.889 bits per heavy atom. The molecule has 27 heavy (non-hydrogen) atoms. The molecule has 0 heterocycles. The van der Waals surface area contributed by atoms with Crippen LogP contribution in [0.3, 0.4) is 0 Å². The Bertz CT molecular complexity index is 527. The molecule has 0 aromatic heterocycles. The van der Waals surface area contributed by atoms with Crippen LogP contribution in [0.4, 0.5) is 70.2 Å². The number of hydrogen-bond donors (Lipinski definition) is 0. The van der Waals surface area contributed by atoms with Crippen molar-refractivity contribution in [3.8, 4) is 0 Å². The van der Waals surface area contributed by atoms with Crippen LogP contribution in [0.5, 0.6) is 0 Å². The Morgan fingerprint density at radius 3 is 1.15 bits per heavy atom. The van der Waals surface area contributed by atoms with E-state index >= 15 is 0 Å². The van der Waals surface area contributed by atoms with Gasteiger partial charge in [0.25, 0.3) is 12.1 Å². The first-order valence-corrected chi connectivity index (χ1v) is 6.17. The lowest BCUT2D eigenvalue weighted by atomic mass is 9.88. The molecule has 1 atom stereocenters. The van der Waals surface area contributed by atoms with Crippen molar-refractivity contribution >= 4 is 0 Å². The Morgan fingerprint density at radius 1 is 0.593 bits per heavy atom. The minimum absolute atomic E-state index is 0.583. The third-order valence-corrected chi connectivity index (χ3v) is 3.16. The molecule has 1 unspecified atom stereocenters. The zero-order valence-corrected chi connectivity index (χ0v) is 12.6. The third kappa shape index (κ3) is 3.40. The summed E-state index contributed by atoms with van der Waals surface area (Å²) >= 11 is 0. The summed E-state index contributed by atoms with van der Waals surface area (Å²) < 4.78 is 206. The molecule has 16 heteroatoms. The van der Waals surface area contributed by atoms with Crippen molar-refractivity contribution in [2.45, 2.75) is 61.5 Å². The summed E-state index contributed by atoms with van der Waals surface area (Å²) in [6.07, 6.45) is -9.02. The molecule has 0 aliphatic rings. The highest BCUT2D eigenvalue weighted by Crippen LogP contribution is 2.63. The lowest BCUT2D eigenvalue weighted by molar-refractivity contribution is -0.430. The second-order valence-electron chi connectivity index (χ2n) is 5.31. The topological polar surface area (TPSA) is 0 Å². The highest BCUT2D eigenvalue weighted by Gasteiger charge is 2.92. The van der Waals surface area contributed by atoms with Crippen molar-refractivity contribution in [2.24, 2.45) is 0 Å². The molecule has 1 radical (unpaired) electrons. The monoisotopic (exact) mass is 443 g/mol. The molecule has 0 aliphatic heterocycles. The first-order chi connectivity index (χ1) is 11.3. The van der Waals surface area contributed by atoms with E-state index in [4.69, 9.17) is 0 Å². The van der Waals surface area contributed by atoms with Gasteiger partial charge >= 0.3 is 35.5 Å². The van der Waals surface area contributed by atoms with Crippen molar-refractivity contribution in [1.29, 1.82) is 0 Å². The standard InChI is InChI=1S/C11H7F16/c1-3(12)6(16,17)8(20,21)10(24,25)11(26,27)9(22,23)7(18,19)4(13)5(2,14)15/h3H,1-2H3. The molecule has 0 aliphatic carbocycles. The highest BCUT2D eigenvalue weighted by molar-refractivity contribution is 5.18. The summed E-state index contributed by atoms with van der Waals surface area (Å²) in [5.41, 5.74) is 0. The summed E-state index contributed by atoms with van der Waals surface area (Å²) in [4.78, 5) is 0. The summed E-state index contributed by atoms with van der Waals surface area (Å²) in [7, 11) is 0. The van der Waals surface area contributed by atoms with Gasteiger partial charge in [-0.1, -0.05) is 0 Å². The largest absolute Gasteiger partial charge is 0.384 e. The van der Waals surface area contributed by atoms with E-state index in [-0.39, 0.29) is 0 Å². The molecule has 0 amide bonds. The van der Waals surface area contributed by atoms with Gasteiger partial charge in [-0.3, -0.25) is 0 Å². The molecule has 0 aromatic rings. The van der Waals surface area contributed by atoms with Gasteiger partial charge in [0.15, 0.2) is 6.17 Å². The predicted octanol–water partition coefficient (Wildman–Crippen LogP) is 6.31. The Balaban J connectivity index is 6.53. The van der Waals surface area contributed by atoms with Crippen molar-refractivity contribution < 1.29 is 70.2 Å². The SMILES string of the molecule is CC(F)C(F)(F)C(F)(F)C(F)(F)C(F)(F)C(F)(F)C(F)(F)[C](F)C(C)(F)F. The molecular weight excluding hydrogens is 436 g/mol. The Labute approximate surface area is 139 Å². The van der Waals surface area contributed by atoms with Crippen LogP contribution < -0.4 is 0 Å². The van der Waals surface area contributed by atoms with Crippen LogP contribution in [0.2, 0.25) is 0 Å². The maximum absolute atomic E-state index is 13.2.